The second-order valence-corrected chi connectivity index (χ2v) is 11.0. The molecular weight excluding hydrogens is 496 g/mol. The molecule has 10 heteroatoms. The third kappa shape index (κ3) is 4.73. The minimum atomic E-state index is -4.51. The summed E-state index contributed by atoms with van der Waals surface area (Å²) in [6, 6.07) is 14.8. The van der Waals surface area contributed by atoms with E-state index in [9.17, 15) is 30.8 Å². The number of alkyl halides is 3. The number of aromatic nitrogens is 1. The van der Waals surface area contributed by atoms with Gasteiger partial charge in [0.2, 0.25) is 0 Å². The number of benzene rings is 3. The van der Waals surface area contributed by atoms with Gasteiger partial charge in [0.15, 0.2) is 9.84 Å². The van der Waals surface area contributed by atoms with Crippen molar-refractivity contribution >= 4 is 26.6 Å². The van der Waals surface area contributed by atoms with Gasteiger partial charge in [0, 0.05) is 34.4 Å². The molecule has 186 valence electrons. The topological polar surface area (TPSA) is 68.2 Å². The van der Waals surface area contributed by atoms with Crippen LogP contribution in [0.25, 0.3) is 27.7 Å². The molecule has 5 nitrogen and oxygen atoms in total. The Morgan fingerprint density at radius 1 is 1.00 bits per heavy atom. The summed E-state index contributed by atoms with van der Waals surface area (Å²) in [6.07, 6.45) is -2.52. The summed E-state index contributed by atoms with van der Waals surface area (Å²) in [5, 5.41) is 3.34. The second kappa shape index (κ2) is 8.77. The quantitative estimate of drug-likeness (QED) is 0.371. The smallest absolute Gasteiger partial charge is 0.348 e. The molecule has 1 aliphatic heterocycles. The van der Waals surface area contributed by atoms with Crippen LogP contribution >= 0.6 is 0 Å². The number of hydrogen-bond donors (Lipinski definition) is 1. The van der Waals surface area contributed by atoms with Gasteiger partial charge in [-0.15, -0.1) is 0 Å². The maximum Gasteiger partial charge on any atom is 0.416 e. The Morgan fingerprint density at radius 2 is 1.75 bits per heavy atom. The first-order valence-corrected chi connectivity index (χ1v) is 12.9. The standard InChI is InChI=1S/C26H20F4N2O3S/c27-19-5-7-21(8-6-19)32-14-23(16-2-1-3-18(12-16)26(28,29)30)22-9-4-17(13-24(22)32)25(33)31-20-10-11-36(34,35)15-20/h1-9,12-14,20H,10-11,15H2,(H,31,33). The molecule has 1 unspecified atom stereocenters. The predicted molar refractivity (Wildman–Crippen MR) is 128 cm³/mol. The normalized spacial score (nSPS) is 17.4. The third-order valence-corrected chi connectivity index (χ3v) is 8.01. The van der Waals surface area contributed by atoms with Gasteiger partial charge in [-0.1, -0.05) is 18.2 Å². The van der Waals surface area contributed by atoms with Crippen LogP contribution in [0.1, 0.15) is 22.3 Å². The maximum absolute atomic E-state index is 13.5. The zero-order valence-corrected chi connectivity index (χ0v) is 19.5. The van der Waals surface area contributed by atoms with Gasteiger partial charge in [-0.25, -0.2) is 12.8 Å². The zero-order chi connectivity index (χ0) is 25.7. The van der Waals surface area contributed by atoms with Crippen LogP contribution in [-0.2, 0) is 16.0 Å². The van der Waals surface area contributed by atoms with Crippen molar-refractivity contribution in [1.29, 1.82) is 0 Å². The van der Waals surface area contributed by atoms with E-state index in [4.69, 9.17) is 0 Å². The number of nitrogens with zero attached hydrogens (tertiary/aromatic N) is 1. The number of carbonyl (C=O) groups is 1. The molecule has 1 saturated heterocycles. The van der Waals surface area contributed by atoms with Crippen LogP contribution in [0.4, 0.5) is 17.6 Å². The van der Waals surface area contributed by atoms with Gasteiger partial charge < -0.3 is 9.88 Å². The van der Waals surface area contributed by atoms with E-state index in [0.717, 1.165) is 12.1 Å². The van der Waals surface area contributed by atoms with E-state index in [1.165, 1.54) is 30.3 Å². The summed E-state index contributed by atoms with van der Waals surface area (Å²) in [5.41, 5.74) is 1.41. The van der Waals surface area contributed by atoms with E-state index in [-0.39, 0.29) is 17.1 Å². The Labute approximate surface area is 204 Å². The van der Waals surface area contributed by atoms with Gasteiger partial charge >= 0.3 is 6.18 Å². The van der Waals surface area contributed by atoms with Crippen molar-refractivity contribution in [2.24, 2.45) is 0 Å². The summed E-state index contributed by atoms with van der Waals surface area (Å²) in [7, 11) is -3.18. The largest absolute Gasteiger partial charge is 0.416 e. The highest BCUT2D eigenvalue weighted by molar-refractivity contribution is 7.91. The molecule has 1 atom stereocenters. The molecule has 5 rings (SSSR count). The van der Waals surface area contributed by atoms with E-state index in [0.29, 0.717) is 34.1 Å². The van der Waals surface area contributed by atoms with Crippen molar-refractivity contribution in [1.82, 2.24) is 9.88 Å². The summed E-state index contributed by atoms with van der Waals surface area (Å²) in [6.45, 7) is 0. The Kier molecular flexibility index (Phi) is 5.86. The molecule has 1 N–H and O–H groups in total. The Hall–Kier alpha value is -3.66. The molecule has 1 aliphatic rings. The monoisotopic (exact) mass is 516 g/mol. The van der Waals surface area contributed by atoms with Gasteiger partial charge in [-0.3, -0.25) is 4.79 Å². The average Bonchev–Trinajstić information content (AvgIpc) is 3.38. The van der Waals surface area contributed by atoms with Crippen LogP contribution in [0.3, 0.4) is 0 Å². The number of rotatable bonds is 4. The van der Waals surface area contributed by atoms with Gasteiger partial charge in [0.1, 0.15) is 5.82 Å². The number of halogens is 4. The van der Waals surface area contributed by atoms with Crippen LogP contribution in [0, 0.1) is 5.82 Å². The Balaban J connectivity index is 1.61. The molecule has 1 fully saturated rings. The van der Waals surface area contributed by atoms with Crippen LogP contribution in [0.15, 0.2) is 72.9 Å². The van der Waals surface area contributed by atoms with Crippen molar-refractivity contribution in [2.45, 2.75) is 18.6 Å². The van der Waals surface area contributed by atoms with E-state index >= 15 is 0 Å². The molecule has 2 heterocycles. The van der Waals surface area contributed by atoms with Crippen molar-refractivity contribution in [3.8, 4) is 16.8 Å². The fourth-order valence-electron chi connectivity index (χ4n) is 4.45. The number of carbonyl (C=O) groups excluding carboxylic acids is 1. The number of amides is 1. The zero-order valence-electron chi connectivity index (χ0n) is 18.7. The summed E-state index contributed by atoms with van der Waals surface area (Å²) < 4.78 is 78.7. The maximum atomic E-state index is 13.5. The second-order valence-electron chi connectivity index (χ2n) is 8.77. The highest BCUT2D eigenvalue weighted by Gasteiger charge is 2.31. The fourth-order valence-corrected chi connectivity index (χ4v) is 6.13. The third-order valence-electron chi connectivity index (χ3n) is 6.24. The van der Waals surface area contributed by atoms with Gasteiger partial charge in [0.05, 0.1) is 22.6 Å². The molecule has 36 heavy (non-hydrogen) atoms. The molecule has 0 saturated carbocycles. The highest BCUT2D eigenvalue weighted by atomic mass is 32.2. The van der Waals surface area contributed by atoms with Crippen LogP contribution in [0.2, 0.25) is 0 Å². The number of fused-ring (bicyclic) bond motifs is 1. The Morgan fingerprint density at radius 3 is 2.42 bits per heavy atom. The lowest BCUT2D eigenvalue weighted by Gasteiger charge is -2.12. The van der Waals surface area contributed by atoms with Crippen molar-refractivity contribution in [3.05, 3.63) is 89.9 Å². The molecule has 0 radical (unpaired) electrons. The van der Waals surface area contributed by atoms with Crippen LogP contribution in [0.5, 0.6) is 0 Å². The van der Waals surface area contributed by atoms with Crippen molar-refractivity contribution in [3.63, 3.8) is 0 Å². The summed E-state index contributed by atoms with van der Waals surface area (Å²) in [5.74, 6) is -0.997. The minimum absolute atomic E-state index is 0.0186. The van der Waals surface area contributed by atoms with Crippen molar-refractivity contribution in [2.75, 3.05) is 11.5 Å². The van der Waals surface area contributed by atoms with Gasteiger partial charge in [-0.2, -0.15) is 13.2 Å². The number of nitrogens with one attached hydrogen (secondary N) is 1. The molecule has 1 amide bonds. The molecule has 3 aromatic carbocycles. The fraction of sp³-hybridized carbons (Fsp3) is 0.192. The summed E-state index contributed by atoms with van der Waals surface area (Å²) in [4.78, 5) is 12.9. The number of sulfone groups is 1. The van der Waals surface area contributed by atoms with E-state index in [1.807, 2.05) is 0 Å². The molecule has 0 aliphatic carbocycles. The molecule has 4 aromatic rings. The minimum Gasteiger partial charge on any atom is -0.348 e. The van der Waals surface area contributed by atoms with E-state index in [1.54, 1.807) is 35.0 Å². The van der Waals surface area contributed by atoms with E-state index in [2.05, 4.69) is 5.32 Å². The van der Waals surface area contributed by atoms with Gasteiger partial charge in [0.25, 0.3) is 5.91 Å². The lowest BCUT2D eigenvalue weighted by Crippen LogP contribution is -2.35. The van der Waals surface area contributed by atoms with Crippen molar-refractivity contribution < 1.29 is 30.8 Å². The first-order chi connectivity index (χ1) is 17.0. The lowest BCUT2D eigenvalue weighted by molar-refractivity contribution is -0.137. The lowest BCUT2D eigenvalue weighted by atomic mass is 10.0. The highest BCUT2D eigenvalue weighted by Crippen LogP contribution is 2.37. The van der Waals surface area contributed by atoms with Crippen LogP contribution in [-0.4, -0.2) is 36.4 Å². The predicted octanol–water partition coefficient (Wildman–Crippen LogP) is 5.37. The first-order valence-electron chi connectivity index (χ1n) is 11.1. The van der Waals surface area contributed by atoms with Crippen LogP contribution < -0.4 is 5.32 Å². The molecule has 1 aromatic heterocycles. The number of hydrogen-bond acceptors (Lipinski definition) is 3. The SMILES string of the molecule is O=C(NC1CCS(=O)(=O)C1)c1ccc2c(-c3cccc(C(F)(F)F)c3)cn(-c3ccc(F)cc3)c2c1. The molecular formula is C26H20F4N2O3S. The van der Waals surface area contributed by atoms with Gasteiger partial charge in [-0.05, 0) is 60.5 Å². The average molecular weight is 517 g/mol. The Bertz CT molecular complexity index is 1580. The van der Waals surface area contributed by atoms with E-state index < -0.39 is 39.3 Å². The molecule has 0 spiro atoms. The summed E-state index contributed by atoms with van der Waals surface area (Å²) >= 11 is 0. The molecule has 0 bridgehead atoms. The first kappa shape index (κ1) is 24.1.